The number of benzene rings is 1. The van der Waals surface area contributed by atoms with Gasteiger partial charge in [-0.3, -0.25) is 4.79 Å². The Hall–Kier alpha value is -1.69. The van der Waals surface area contributed by atoms with Gasteiger partial charge in [0.25, 0.3) is 5.92 Å². The first-order valence-corrected chi connectivity index (χ1v) is 7.95. The maximum absolute atomic E-state index is 13.3. The van der Waals surface area contributed by atoms with Gasteiger partial charge in [-0.05, 0) is 24.1 Å². The summed E-state index contributed by atoms with van der Waals surface area (Å²) in [6, 6.07) is 7.67. The summed E-state index contributed by atoms with van der Waals surface area (Å²) in [4.78, 5) is 14.5. The number of alkyl halides is 2. The van der Waals surface area contributed by atoms with Gasteiger partial charge in [-0.15, -0.1) is 0 Å². The van der Waals surface area contributed by atoms with Gasteiger partial charge < -0.3 is 15.0 Å². The molecule has 3 rings (SSSR count). The van der Waals surface area contributed by atoms with E-state index in [1.54, 1.807) is 12.0 Å². The summed E-state index contributed by atoms with van der Waals surface area (Å²) < 4.78 is 31.8. The number of halogens is 2. The Morgan fingerprint density at radius 1 is 1.30 bits per heavy atom. The van der Waals surface area contributed by atoms with Crippen LogP contribution in [-0.4, -0.2) is 50.0 Å². The van der Waals surface area contributed by atoms with Crippen LogP contribution in [-0.2, 0) is 11.2 Å². The van der Waals surface area contributed by atoms with E-state index < -0.39 is 11.3 Å². The number of piperidine rings is 1. The zero-order chi connectivity index (χ0) is 16.5. The molecule has 1 aromatic carbocycles. The molecule has 4 nitrogen and oxygen atoms in total. The first-order chi connectivity index (χ1) is 10.9. The highest BCUT2D eigenvalue weighted by Gasteiger charge is 2.48. The minimum Gasteiger partial charge on any atom is -0.497 e. The molecular formula is C17H22F2N2O2. The van der Waals surface area contributed by atoms with Crippen molar-refractivity contribution in [3.8, 4) is 5.75 Å². The quantitative estimate of drug-likeness (QED) is 0.922. The lowest BCUT2D eigenvalue weighted by Crippen LogP contribution is -2.64. The predicted octanol–water partition coefficient (Wildman–Crippen LogP) is 2.08. The number of hydrogen-bond donors (Lipinski definition) is 1. The van der Waals surface area contributed by atoms with Crippen molar-refractivity contribution in [2.24, 2.45) is 5.41 Å². The van der Waals surface area contributed by atoms with Crippen LogP contribution in [0.1, 0.15) is 18.4 Å². The lowest BCUT2D eigenvalue weighted by atomic mass is 9.74. The largest absolute Gasteiger partial charge is 0.497 e. The van der Waals surface area contributed by atoms with Crippen LogP contribution >= 0.6 is 0 Å². The normalized spacial score (nSPS) is 22.3. The van der Waals surface area contributed by atoms with Crippen LogP contribution in [0.25, 0.3) is 0 Å². The van der Waals surface area contributed by atoms with Crippen LogP contribution in [0, 0.1) is 5.41 Å². The fraction of sp³-hybridized carbons (Fsp3) is 0.588. The highest BCUT2D eigenvalue weighted by atomic mass is 19.3. The molecule has 0 radical (unpaired) electrons. The lowest BCUT2D eigenvalue weighted by Gasteiger charge is -2.45. The molecule has 1 aromatic rings. The smallest absolute Gasteiger partial charge is 0.251 e. The fourth-order valence-electron chi connectivity index (χ4n) is 3.32. The summed E-state index contributed by atoms with van der Waals surface area (Å²) in [6.45, 7) is 1.48. The number of hydrogen-bond acceptors (Lipinski definition) is 3. The molecule has 1 N–H and O–H groups in total. The van der Waals surface area contributed by atoms with Crippen LogP contribution in [0.3, 0.4) is 0 Å². The van der Waals surface area contributed by atoms with Crippen molar-refractivity contribution in [1.29, 1.82) is 0 Å². The van der Waals surface area contributed by atoms with E-state index in [4.69, 9.17) is 4.74 Å². The Kier molecular flexibility index (Phi) is 4.27. The molecule has 2 fully saturated rings. The number of nitrogens with zero attached hydrogens (tertiary/aromatic N) is 1. The molecular weight excluding hydrogens is 302 g/mol. The topological polar surface area (TPSA) is 41.6 Å². The average Bonchev–Trinajstić information content (AvgIpc) is 2.50. The number of carbonyl (C=O) groups is 1. The molecule has 0 atom stereocenters. The number of amides is 1. The molecule has 2 aliphatic heterocycles. The Morgan fingerprint density at radius 2 is 2.00 bits per heavy atom. The second-order valence-electron chi connectivity index (χ2n) is 6.56. The molecule has 23 heavy (non-hydrogen) atoms. The van der Waals surface area contributed by atoms with Gasteiger partial charge in [0.2, 0.25) is 5.91 Å². The Morgan fingerprint density at radius 3 is 2.57 bits per heavy atom. The summed E-state index contributed by atoms with van der Waals surface area (Å²) in [6.07, 6.45) is 0.131. The highest BCUT2D eigenvalue weighted by Crippen LogP contribution is 2.34. The van der Waals surface area contributed by atoms with Crippen molar-refractivity contribution in [2.45, 2.75) is 25.2 Å². The SMILES string of the molecule is COc1cccc(CC2(C(=O)N3CCC(F)(F)CC3)CNC2)c1. The van der Waals surface area contributed by atoms with Crippen molar-refractivity contribution in [2.75, 3.05) is 33.3 Å². The molecule has 1 amide bonds. The van der Waals surface area contributed by atoms with Crippen LogP contribution in [0.4, 0.5) is 8.78 Å². The minimum atomic E-state index is -2.63. The Bertz CT molecular complexity index is 578. The number of rotatable bonds is 4. The lowest BCUT2D eigenvalue weighted by molar-refractivity contribution is -0.151. The average molecular weight is 324 g/mol. The monoisotopic (exact) mass is 324 g/mol. The van der Waals surface area contributed by atoms with Crippen LogP contribution in [0.2, 0.25) is 0 Å². The van der Waals surface area contributed by atoms with Gasteiger partial charge in [-0.2, -0.15) is 0 Å². The van der Waals surface area contributed by atoms with Crippen molar-refractivity contribution in [3.05, 3.63) is 29.8 Å². The molecule has 0 aliphatic carbocycles. The van der Waals surface area contributed by atoms with Gasteiger partial charge >= 0.3 is 0 Å². The van der Waals surface area contributed by atoms with E-state index in [2.05, 4.69) is 5.32 Å². The summed E-state index contributed by atoms with van der Waals surface area (Å²) >= 11 is 0. The van der Waals surface area contributed by atoms with Crippen molar-refractivity contribution in [1.82, 2.24) is 10.2 Å². The van der Waals surface area contributed by atoms with Crippen molar-refractivity contribution in [3.63, 3.8) is 0 Å². The second-order valence-corrected chi connectivity index (χ2v) is 6.56. The van der Waals surface area contributed by atoms with E-state index >= 15 is 0 Å². The molecule has 6 heteroatoms. The van der Waals surface area contributed by atoms with Crippen LogP contribution < -0.4 is 10.1 Å². The zero-order valence-corrected chi connectivity index (χ0v) is 13.3. The Labute approximate surface area is 134 Å². The molecule has 0 unspecified atom stereocenters. The van der Waals surface area contributed by atoms with E-state index in [-0.39, 0.29) is 31.8 Å². The zero-order valence-electron chi connectivity index (χ0n) is 13.3. The van der Waals surface area contributed by atoms with Crippen molar-refractivity contribution < 1.29 is 18.3 Å². The first kappa shape index (κ1) is 16.2. The molecule has 0 spiro atoms. The van der Waals surface area contributed by atoms with Crippen molar-refractivity contribution >= 4 is 5.91 Å². The standard InChI is InChI=1S/C17H22F2N2O2/c1-23-14-4-2-3-13(9-14)10-16(11-20-12-16)15(22)21-7-5-17(18,19)6-8-21/h2-4,9,20H,5-8,10-12H2,1H3. The van der Waals surface area contributed by atoms with E-state index in [0.717, 1.165) is 11.3 Å². The van der Waals surface area contributed by atoms with E-state index in [0.29, 0.717) is 19.5 Å². The van der Waals surface area contributed by atoms with Gasteiger partial charge in [0.05, 0.1) is 12.5 Å². The maximum atomic E-state index is 13.3. The maximum Gasteiger partial charge on any atom is 0.251 e. The van der Waals surface area contributed by atoms with Gasteiger partial charge in [-0.25, -0.2) is 8.78 Å². The number of nitrogens with one attached hydrogen (secondary N) is 1. The van der Waals surface area contributed by atoms with E-state index in [1.807, 2.05) is 24.3 Å². The third-order valence-electron chi connectivity index (χ3n) is 4.84. The highest BCUT2D eigenvalue weighted by molar-refractivity contribution is 5.85. The van der Waals surface area contributed by atoms with E-state index in [9.17, 15) is 13.6 Å². The molecule has 0 saturated carbocycles. The third-order valence-corrected chi connectivity index (χ3v) is 4.84. The predicted molar refractivity (Wildman–Crippen MR) is 82.8 cm³/mol. The number of ether oxygens (including phenoxy) is 1. The van der Waals surface area contributed by atoms with Crippen LogP contribution in [0.5, 0.6) is 5.75 Å². The summed E-state index contributed by atoms with van der Waals surface area (Å²) in [5.41, 5.74) is 0.514. The molecule has 2 aliphatic rings. The minimum absolute atomic E-state index is 0.00503. The molecule has 126 valence electrons. The second kappa shape index (κ2) is 6.07. The summed E-state index contributed by atoms with van der Waals surface area (Å²) in [5.74, 6) is -1.88. The van der Waals surface area contributed by atoms with Gasteiger partial charge in [-0.1, -0.05) is 12.1 Å². The molecule has 0 bridgehead atoms. The van der Waals surface area contributed by atoms with Gasteiger partial charge in [0, 0.05) is 39.0 Å². The summed E-state index contributed by atoms with van der Waals surface area (Å²) in [5, 5.41) is 3.16. The fourth-order valence-corrected chi connectivity index (χ4v) is 3.32. The summed E-state index contributed by atoms with van der Waals surface area (Å²) in [7, 11) is 1.61. The van der Waals surface area contributed by atoms with E-state index in [1.165, 1.54) is 0 Å². The third kappa shape index (κ3) is 3.32. The number of methoxy groups -OCH3 is 1. The number of carbonyl (C=O) groups excluding carboxylic acids is 1. The molecule has 2 saturated heterocycles. The van der Waals surface area contributed by atoms with Gasteiger partial charge in [0.1, 0.15) is 5.75 Å². The number of likely N-dealkylation sites (tertiary alicyclic amines) is 1. The molecule has 2 heterocycles. The first-order valence-electron chi connectivity index (χ1n) is 7.95. The Balaban J connectivity index is 1.71. The van der Waals surface area contributed by atoms with Gasteiger partial charge in [0.15, 0.2) is 0 Å². The van der Waals surface area contributed by atoms with Crippen LogP contribution in [0.15, 0.2) is 24.3 Å². The molecule has 0 aromatic heterocycles.